The van der Waals surface area contributed by atoms with Crippen molar-refractivity contribution in [1.29, 1.82) is 0 Å². The molecule has 76 valence electrons. The molecule has 0 aromatic carbocycles. The van der Waals surface area contributed by atoms with Gasteiger partial charge in [0.2, 0.25) is 0 Å². The monoisotopic (exact) mass is 219 g/mol. The summed E-state index contributed by atoms with van der Waals surface area (Å²) < 4.78 is 4.80. The van der Waals surface area contributed by atoms with Gasteiger partial charge < -0.3 is 9.94 Å². The van der Waals surface area contributed by atoms with Gasteiger partial charge in [0.1, 0.15) is 6.07 Å². The van der Waals surface area contributed by atoms with Crippen LogP contribution in [0.4, 0.5) is 5.69 Å². The average molecular weight is 220 g/mol. The van der Waals surface area contributed by atoms with Crippen molar-refractivity contribution in [2.24, 2.45) is 0 Å². The van der Waals surface area contributed by atoms with Crippen molar-refractivity contribution in [2.45, 2.75) is 6.92 Å². The molecule has 0 saturated carbocycles. The number of hydrogen-bond acceptors (Lipinski definition) is 5. The molecule has 0 radical (unpaired) electrons. The van der Waals surface area contributed by atoms with Crippen LogP contribution in [0.1, 0.15) is 6.92 Å². The van der Waals surface area contributed by atoms with Crippen molar-refractivity contribution in [3.05, 3.63) is 26.5 Å². The number of rotatable bonds is 3. The summed E-state index contributed by atoms with van der Waals surface area (Å²) in [7, 11) is 0. The van der Waals surface area contributed by atoms with Crippen LogP contribution in [-0.2, 0) is 0 Å². The van der Waals surface area contributed by atoms with Crippen LogP contribution in [0.5, 0.6) is 5.88 Å². The Morgan fingerprint density at radius 3 is 2.93 bits per heavy atom. The van der Waals surface area contributed by atoms with Crippen LogP contribution < -0.4 is 9.58 Å². The highest BCUT2D eigenvalue weighted by molar-refractivity contribution is 6.28. The highest BCUT2D eigenvalue weighted by Crippen LogP contribution is 2.24. The number of nitrogens with zero attached hydrogens (tertiary/aromatic N) is 3. The Balaban J connectivity index is 3.24. The van der Waals surface area contributed by atoms with Crippen LogP contribution in [0.25, 0.3) is 0 Å². The lowest BCUT2D eigenvalue weighted by molar-refractivity contribution is -0.668. The molecule has 1 aromatic rings. The van der Waals surface area contributed by atoms with Gasteiger partial charge in [-0.15, -0.1) is 0 Å². The van der Waals surface area contributed by atoms with Crippen molar-refractivity contribution in [3.63, 3.8) is 0 Å². The number of ether oxygens (including phenoxy) is 1. The van der Waals surface area contributed by atoms with Gasteiger partial charge in [-0.3, -0.25) is 10.1 Å². The van der Waals surface area contributed by atoms with Crippen molar-refractivity contribution in [1.82, 2.24) is 5.10 Å². The smallest absolute Gasteiger partial charge is 0.359 e. The Morgan fingerprint density at radius 1 is 1.79 bits per heavy atom. The predicted octanol–water partition coefficient (Wildman–Crippen LogP) is 0.675. The molecule has 0 fully saturated rings. The van der Waals surface area contributed by atoms with Gasteiger partial charge >= 0.3 is 16.7 Å². The molecule has 0 amide bonds. The van der Waals surface area contributed by atoms with E-state index in [4.69, 9.17) is 16.3 Å². The first-order valence-electron chi connectivity index (χ1n) is 3.63. The van der Waals surface area contributed by atoms with Crippen LogP contribution in [0.3, 0.4) is 0 Å². The van der Waals surface area contributed by atoms with Crippen molar-refractivity contribution in [3.8, 4) is 5.88 Å². The zero-order chi connectivity index (χ0) is 10.7. The Bertz CT molecular complexity index is 370. The van der Waals surface area contributed by atoms with Crippen LogP contribution in [-0.4, -0.2) is 16.6 Å². The summed E-state index contributed by atoms with van der Waals surface area (Å²) in [6.07, 6.45) is 0. The summed E-state index contributed by atoms with van der Waals surface area (Å²) in [5, 5.41) is 24.2. The fraction of sp³-hybridized carbons (Fsp3) is 0.333. The molecule has 0 atom stereocenters. The molecule has 0 unspecified atom stereocenters. The maximum Gasteiger partial charge on any atom is 0.359 e. The van der Waals surface area contributed by atoms with E-state index in [1.165, 1.54) is 0 Å². The molecule has 7 nitrogen and oxygen atoms in total. The first kappa shape index (κ1) is 10.5. The van der Waals surface area contributed by atoms with Crippen molar-refractivity contribution in [2.75, 3.05) is 6.61 Å². The molecule has 8 heteroatoms. The minimum Gasteiger partial charge on any atom is -0.593 e. The van der Waals surface area contributed by atoms with Crippen molar-refractivity contribution >= 4 is 17.3 Å². The summed E-state index contributed by atoms with van der Waals surface area (Å²) in [6.45, 7) is 1.80. The van der Waals surface area contributed by atoms with Crippen molar-refractivity contribution < 1.29 is 14.5 Å². The number of hydrogen-bond donors (Lipinski definition) is 0. The summed E-state index contributed by atoms with van der Waals surface area (Å²) in [4.78, 5) is 9.81. The number of nitro groups is 1. The minimum absolute atomic E-state index is 0.0551. The molecule has 0 saturated heterocycles. The Kier molecular flexibility index (Phi) is 3.03. The lowest BCUT2D eigenvalue weighted by Crippen LogP contribution is -2.33. The highest BCUT2D eigenvalue weighted by atomic mass is 35.5. The second kappa shape index (κ2) is 4.05. The van der Waals surface area contributed by atoms with Gasteiger partial charge in [-0.05, 0) is 23.4 Å². The molecule has 0 aliphatic rings. The third-order valence-corrected chi connectivity index (χ3v) is 1.57. The molecule has 0 spiro atoms. The molecule has 1 aromatic heterocycles. The largest absolute Gasteiger partial charge is 0.593 e. The van der Waals surface area contributed by atoms with E-state index in [-0.39, 0.29) is 22.5 Å². The van der Waals surface area contributed by atoms with Crippen LogP contribution in [0, 0.1) is 15.3 Å². The third kappa shape index (κ3) is 1.99. The Labute approximate surface area is 83.6 Å². The maximum absolute atomic E-state index is 10.9. The van der Waals surface area contributed by atoms with Gasteiger partial charge in [0.05, 0.1) is 16.6 Å². The zero-order valence-corrected chi connectivity index (χ0v) is 7.89. The quantitative estimate of drug-likeness (QED) is 0.323. The average Bonchev–Trinajstić information content (AvgIpc) is 2.11. The van der Waals surface area contributed by atoms with Gasteiger partial charge in [-0.1, -0.05) is 0 Å². The molecular weight excluding hydrogens is 214 g/mol. The summed E-state index contributed by atoms with van der Waals surface area (Å²) in [5.74, 6) is -0.336. The van der Waals surface area contributed by atoms with Crippen LogP contribution in [0.2, 0.25) is 5.15 Å². The van der Waals surface area contributed by atoms with E-state index in [1.807, 2.05) is 0 Å². The molecule has 0 N–H and O–H groups in total. The summed E-state index contributed by atoms with van der Waals surface area (Å²) >= 11 is 5.36. The molecule has 0 aliphatic carbocycles. The van der Waals surface area contributed by atoms with E-state index in [0.717, 1.165) is 6.07 Å². The normalized spacial score (nSPS) is 9.86. The minimum atomic E-state index is -0.718. The summed E-state index contributed by atoms with van der Waals surface area (Å²) in [6, 6.07) is 0.895. The maximum atomic E-state index is 10.9. The fourth-order valence-electron chi connectivity index (χ4n) is 0.782. The first-order chi connectivity index (χ1) is 6.56. The van der Waals surface area contributed by atoms with Gasteiger partial charge in [-0.2, -0.15) is 0 Å². The van der Waals surface area contributed by atoms with Crippen LogP contribution in [0.15, 0.2) is 6.07 Å². The zero-order valence-electron chi connectivity index (χ0n) is 7.14. The third-order valence-electron chi connectivity index (χ3n) is 1.32. The second-order valence-corrected chi connectivity index (χ2v) is 2.61. The Morgan fingerprint density at radius 2 is 2.43 bits per heavy atom. The molecule has 0 bridgehead atoms. The summed E-state index contributed by atoms with van der Waals surface area (Å²) in [5.41, 5.74) is -0.427. The standard InChI is InChI=1S/C6H6ClN3O4/c1-2-14-6-4(10(12)13)3-5(7)9(11)8-6/h3H,2H2,1H3. The second-order valence-electron chi connectivity index (χ2n) is 2.22. The fourth-order valence-corrected chi connectivity index (χ4v) is 0.923. The highest BCUT2D eigenvalue weighted by Gasteiger charge is 2.23. The molecular formula is C6H6ClN3O4. The van der Waals surface area contributed by atoms with Gasteiger partial charge in [0.25, 0.3) is 0 Å². The van der Waals surface area contributed by atoms with Crippen LogP contribution >= 0.6 is 11.6 Å². The van der Waals surface area contributed by atoms with Gasteiger partial charge in [0.15, 0.2) is 0 Å². The van der Waals surface area contributed by atoms with E-state index in [9.17, 15) is 15.3 Å². The van der Waals surface area contributed by atoms with Gasteiger partial charge in [-0.25, -0.2) is 0 Å². The van der Waals surface area contributed by atoms with E-state index >= 15 is 0 Å². The number of halogens is 1. The van der Waals surface area contributed by atoms with E-state index in [0.29, 0.717) is 0 Å². The van der Waals surface area contributed by atoms with E-state index in [2.05, 4.69) is 5.10 Å². The predicted molar refractivity (Wildman–Crippen MR) is 46.0 cm³/mol. The lowest BCUT2D eigenvalue weighted by atomic mass is 10.5. The van der Waals surface area contributed by atoms with E-state index < -0.39 is 10.6 Å². The van der Waals surface area contributed by atoms with E-state index in [1.54, 1.807) is 6.92 Å². The Hall–Kier alpha value is -1.63. The molecule has 1 heterocycles. The SMILES string of the molecule is CCOc1n[n+]([O-])c(Cl)cc1[N+](=O)[O-]. The molecule has 0 aliphatic heterocycles. The number of aromatic nitrogens is 2. The molecule has 14 heavy (non-hydrogen) atoms. The van der Waals surface area contributed by atoms with Gasteiger partial charge in [0, 0.05) is 0 Å². The first-order valence-corrected chi connectivity index (χ1v) is 4.01. The topological polar surface area (TPSA) is 92.2 Å². The lowest BCUT2D eigenvalue weighted by Gasteiger charge is -2.01. The molecule has 1 rings (SSSR count).